The average molecular weight is 257 g/mol. The maximum Gasteiger partial charge on any atom is 0.160 e. The minimum absolute atomic E-state index is 0.0288. The lowest BCUT2D eigenvalue weighted by Crippen LogP contribution is -1.95. The average Bonchev–Trinajstić information content (AvgIpc) is 2.38. The highest BCUT2D eigenvalue weighted by atomic mass is 35.5. The van der Waals surface area contributed by atoms with Crippen molar-refractivity contribution < 1.29 is 4.79 Å². The van der Waals surface area contributed by atoms with Gasteiger partial charge < -0.3 is 0 Å². The lowest BCUT2D eigenvalue weighted by atomic mass is 10.00. The second-order valence-electron chi connectivity index (χ2n) is 4.00. The fourth-order valence-corrected chi connectivity index (χ4v) is 1.94. The largest absolute Gasteiger partial charge is 0.294 e. The minimum atomic E-state index is 0.0288. The molecular weight excluding hydrogens is 244 g/mol. The van der Waals surface area contributed by atoms with Crippen LogP contribution in [0.2, 0.25) is 5.02 Å². The third-order valence-electron chi connectivity index (χ3n) is 2.67. The number of ketones is 1. The van der Waals surface area contributed by atoms with Crippen LogP contribution in [0, 0.1) is 0 Å². The van der Waals surface area contributed by atoms with E-state index in [4.69, 9.17) is 11.6 Å². The van der Waals surface area contributed by atoms with Crippen molar-refractivity contribution in [2.75, 3.05) is 0 Å². The molecule has 2 aromatic rings. The number of carbonyl (C=O) groups excluding carboxylic acids is 1. The van der Waals surface area contributed by atoms with Gasteiger partial charge in [0.05, 0.1) is 0 Å². The summed E-state index contributed by atoms with van der Waals surface area (Å²) in [4.78, 5) is 11.7. The van der Waals surface area contributed by atoms with Crippen molar-refractivity contribution in [3.05, 3.63) is 70.7 Å². The highest BCUT2D eigenvalue weighted by molar-refractivity contribution is 6.33. The van der Waals surface area contributed by atoms with Gasteiger partial charge in [0.2, 0.25) is 0 Å². The van der Waals surface area contributed by atoms with Crippen molar-refractivity contribution >= 4 is 29.0 Å². The van der Waals surface area contributed by atoms with Crippen LogP contribution < -0.4 is 0 Å². The Balaban J connectivity index is 2.50. The molecule has 2 rings (SSSR count). The van der Waals surface area contributed by atoms with E-state index in [-0.39, 0.29) is 5.78 Å². The van der Waals surface area contributed by atoms with Gasteiger partial charge in [-0.3, -0.25) is 4.79 Å². The minimum Gasteiger partial charge on any atom is -0.294 e. The van der Waals surface area contributed by atoms with Crippen LogP contribution in [0.15, 0.2) is 54.6 Å². The zero-order chi connectivity index (χ0) is 13.0. The molecular formula is C16H13ClO. The maximum atomic E-state index is 11.7. The Morgan fingerprint density at radius 3 is 2.22 bits per heavy atom. The van der Waals surface area contributed by atoms with Gasteiger partial charge in [-0.05, 0) is 30.2 Å². The third-order valence-corrected chi connectivity index (χ3v) is 3.01. The number of Topliss-reactive ketones (excluding diaryl/α,β-unsaturated/α-hetero) is 1. The van der Waals surface area contributed by atoms with E-state index in [9.17, 15) is 4.79 Å². The molecule has 0 bridgehead atoms. The molecule has 2 aromatic carbocycles. The highest BCUT2D eigenvalue weighted by Gasteiger charge is 2.07. The van der Waals surface area contributed by atoms with Gasteiger partial charge in [-0.1, -0.05) is 60.1 Å². The number of hydrogen-bond donors (Lipinski definition) is 0. The Morgan fingerprint density at radius 1 is 1.00 bits per heavy atom. The Bertz CT molecular complexity index is 585. The van der Waals surface area contributed by atoms with E-state index in [1.54, 1.807) is 6.92 Å². The molecule has 0 aromatic heterocycles. The molecule has 90 valence electrons. The summed E-state index contributed by atoms with van der Waals surface area (Å²) < 4.78 is 0. The zero-order valence-corrected chi connectivity index (χ0v) is 10.8. The SMILES string of the molecule is CC(=O)C(=Cc1ccccc1Cl)c1ccccc1. The fraction of sp³-hybridized carbons (Fsp3) is 0.0625. The zero-order valence-electron chi connectivity index (χ0n) is 10.1. The van der Waals surface area contributed by atoms with E-state index in [0.29, 0.717) is 10.6 Å². The summed E-state index contributed by atoms with van der Waals surface area (Å²) >= 11 is 6.10. The van der Waals surface area contributed by atoms with Gasteiger partial charge in [0, 0.05) is 10.6 Å². The molecule has 0 radical (unpaired) electrons. The first-order chi connectivity index (χ1) is 8.68. The van der Waals surface area contributed by atoms with Crippen LogP contribution in [0.4, 0.5) is 0 Å². The molecule has 2 heteroatoms. The van der Waals surface area contributed by atoms with Crippen molar-refractivity contribution in [1.82, 2.24) is 0 Å². The highest BCUT2D eigenvalue weighted by Crippen LogP contribution is 2.23. The molecule has 0 N–H and O–H groups in total. The van der Waals surface area contributed by atoms with Crippen LogP contribution >= 0.6 is 11.6 Å². The third kappa shape index (κ3) is 2.88. The molecule has 0 atom stereocenters. The summed E-state index contributed by atoms with van der Waals surface area (Å²) in [5.41, 5.74) is 2.43. The molecule has 0 aliphatic rings. The van der Waals surface area contributed by atoms with Gasteiger partial charge >= 0.3 is 0 Å². The van der Waals surface area contributed by atoms with E-state index >= 15 is 0 Å². The van der Waals surface area contributed by atoms with E-state index < -0.39 is 0 Å². The molecule has 0 fully saturated rings. The molecule has 0 amide bonds. The Labute approximate surface area is 112 Å². The number of halogens is 1. The molecule has 0 aliphatic heterocycles. The Morgan fingerprint density at radius 2 is 1.61 bits per heavy atom. The van der Waals surface area contributed by atoms with E-state index in [1.807, 2.05) is 60.7 Å². The van der Waals surface area contributed by atoms with Gasteiger partial charge in [-0.2, -0.15) is 0 Å². The van der Waals surface area contributed by atoms with Crippen molar-refractivity contribution in [1.29, 1.82) is 0 Å². The number of hydrogen-bond acceptors (Lipinski definition) is 1. The summed E-state index contributed by atoms with van der Waals surface area (Å²) in [5, 5.41) is 0.646. The normalized spacial score (nSPS) is 11.3. The molecule has 0 saturated carbocycles. The summed E-state index contributed by atoms with van der Waals surface area (Å²) in [6, 6.07) is 17.1. The Hall–Kier alpha value is -1.86. The first-order valence-corrected chi connectivity index (χ1v) is 6.09. The van der Waals surface area contributed by atoms with E-state index in [1.165, 1.54) is 0 Å². The maximum absolute atomic E-state index is 11.7. The molecule has 0 unspecified atom stereocenters. The molecule has 0 saturated heterocycles. The first-order valence-electron chi connectivity index (χ1n) is 5.71. The molecule has 18 heavy (non-hydrogen) atoms. The number of carbonyl (C=O) groups is 1. The number of rotatable bonds is 3. The van der Waals surface area contributed by atoms with Crippen molar-refractivity contribution in [3.8, 4) is 0 Å². The van der Waals surface area contributed by atoms with Gasteiger partial charge in [0.15, 0.2) is 5.78 Å². The Kier molecular flexibility index (Phi) is 3.96. The second-order valence-corrected chi connectivity index (χ2v) is 4.41. The van der Waals surface area contributed by atoms with Gasteiger partial charge in [-0.25, -0.2) is 0 Å². The first kappa shape index (κ1) is 12.6. The lowest BCUT2D eigenvalue weighted by Gasteiger charge is -2.05. The predicted octanol–water partition coefficient (Wildman–Crippen LogP) is 4.47. The van der Waals surface area contributed by atoms with Crippen LogP contribution in [0.3, 0.4) is 0 Å². The lowest BCUT2D eigenvalue weighted by molar-refractivity contribution is -0.111. The van der Waals surface area contributed by atoms with E-state index in [2.05, 4.69) is 0 Å². The summed E-state index contributed by atoms with van der Waals surface area (Å²) in [6.07, 6.45) is 1.83. The van der Waals surface area contributed by atoms with Crippen molar-refractivity contribution in [2.45, 2.75) is 6.92 Å². The monoisotopic (exact) mass is 256 g/mol. The summed E-state index contributed by atoms with van der Waals surface area (Å²) in [5.74, 6) is 0.0288. The van der Waals surface area contributed by atoms with Crippen LogP contribution in [-0.2, 0) is 4.79 Å². The predicted molar refractivity (Wildman–Crippen MR) is 76.4 cm³/mol. The molecule has 0 spiro atoms. The van der Waals surface area contributed by atoms with Crippen LogP contribution in [0.5, 0.6) is 0 Å². The molecule has 0 aliphatic carbocycles. The van der Waals surface area contributed by atoms with Crippen LogP contribution in [-0.4, -0.2) is 5.78 Å². The van der Waals surface area contributed by atoms with E-state index in [0.717, 1.165) is 11.1 Å². The fourth-order valence-electron chi connectivity index (χ4n) is 1.75. The van der Waals surface area contributed by atoms with Crippen LogP contribution in [0.1, 0.15) is 18.1 Å². The van der Waals surface area contributed by atoms with Gasteiger partial charge in [0.1, 0.15) is 0 Å². The quantitative estimate of drug-likeness (QED) is 0.585. The standard InChI is InChI=1S/C16H13ClO/c1-12(18)15(13-7-3-2-4-8-13)11-14-9-5-6-10-16(14)17/h2-11H,1H3. The molecule has 1 nitrogen and oxygen atoms in total. The second kappa shape index (κ2) is 5.65. The molecule has 0 heterocycles. The van der Waals surface area contributed by atoms with Crippen molar-refractivity contribution in [2.24, 2.45) is 0 Å². The van der Waals surface area contributed by atoms with Crippen LogP contribution in [0.25, 0.3) is 11.6 Å². The van der Waals surface area contributed by atoms with Gasteiger partial charge in [-0.15, -0.1) is 0 Å². The summed E-state index contributed by atoms with van der Waals surface area (Å²) in [6.45, 7) is 1.57. The van der Waals surface area contributed by atoms with Gasteiger partial charge in [0.25, 0.3) is 0 Å². The number of allylic oxidation sites excluding steroid dienone is 1. The number of benzene rings is 2. The smallest absolute Gasteiger partial charge is 0.160 e. The van der Waals surface area contributed by atoms with Crippen molar-refractivity contribution in [3.63, 3.8) is 0 Å². The topological polar surface area (TPSA) is 17.1 Å². The summed E-state index contributed by atoms with van der Waals surface area (Å²) in [7, 11) is 0.